The molecule has 0 aliphatic carbocycles. The van der Waals surface area contributed by atoms with Gasteiger partial charge in [0.2, 0.25) is 11.9 Å². The van der Waals surface area contributed by atoms with Crippen molar-refractivity contribution in [3.63, 3.8) is 0 Å². The van der Waals surface area contributed by atoms with Crippen molar-refractivity contribution in [1.29, 1.82) is 0 Å². The highest BCUT2D eigenvalue weighted by molar-refractivity contribution is 6.30. The van der Waals surface area contributed by atoms with Crippen molar-refractivity contribution in [3.8, 4) is 0 Å². The second-order valence-corrected chi connectivity index (χ2v) is 7.42. The van der Waals surface area contributed by atoms with Gasteiger partial charge in [0.15, 0.2) is 5.92 Å². The van der Waals surface area contributed by atoms with Crippen LogP contribution >= 0.6 is 11.6 Å². The molecule has 0 saturated heterocycles. The van der Waals surface area contributed by atoms with Crippen LogP contribution in [0.2, 0.25) is 5.02 Å². The molecule has 8 heteroatoms. The van der Waals surface area contributed by atoms with Gasteiger partial charge in [-0.05, 0) is 36.8 Å². The van der Waals surface area contributed by atoms with Crippen LogP contribution in [-0.4, -0.2) is 48.3 Å². The van der Waals surface area contributed by atoms with Gasteiger partial charge in [0.1, 0.15) is 0 Å². The van der Waals surface area contributed by atoms with E-state index in [2.05, 4.69) is 0 Å². The van der Waals surface area contributed by atoms with E-state index in [1.807, 2.05) is 34.9 Å². The van der Waals surface area contributed by atoms with E-state index in [0.717, 1.165) is 16.6 Å². The SMILES string of the molecule is CCOC(=O)[C@H]1C(=O)N(CCOC)c2nc3ccccc3n2[C@H]1c1cccc(Cl)c1. The van der Waals surface area contributed by atoms with Crippen molar-refractivity contribution < 1.29 is 19.1 Å². The lowest BCUT2D eigenvalue weighted by Gasteiger charge is -2.37. The summed E-state index contributed by atoms with van der Waals surface area (Å²) >= 11 is 6.25. The van der Waals surface area contributed by atoms with E-state index < -0.39 is 17.9 Å². The standard InChI is InChI=1S/C22H22ClN3O4/c1-3-30-21(28)18-19(14-7-6-8-15(23)13-14)26-17-10-5-4-9-16(17)24-22(26)25(20(18)27)11-12-29-2/h4-10,13,18-19H,3,11-12H2,1-2H3/t18-,19+/m1/s1. The number of fused-ring (bicyclic) bond motifs is 3. The first-order chi connectivity index (χ1) is 14.6. The van der Waals surface area contributed by atoms with E-state index in [0.29, 0.717) is 17.6 Å². The van der Waals surface area contributed by atoms with E-state index >= 15 is 0 Å². The molecule has 2 heterocycles. The van der Waals surface area contributed by atoms with Crippen LogP contribution in [0.25, 0.3) is 11.0 Å². The molecule has 0 unspecified atom stereocenters. The van der Waals surface area contributed by atoms with Crippen LogP contribution in [0.1, 0.15) is 18.5 Å². The largest absolute Gasteiger partial charge is 0.465 e. The summed E-state index contributed by atoms with van der Waals surface area (Å²) in [6, 6.07) is 14.2. The van der Waals surface area contributed by atoms with Gasteiger partial charge in [-0.15, -0.1) is 0 Å². The topological polar surface area (TPSA) is 73.7 Å². The number of ether oxygens (including phenoxy) is 2. The van der Waals surface area contributed by atoms with Gasteiger partial charge < -0.3 is 14.0 Å². The number of imidazole rings is 1. The number of anilines is 1. The first-order valence-corrected chi connectivity index (χ1v) is 10.1. The number of carbonyl (C=O) groups is 2. The van der Waals surface area contributed by atoms with Crippen LogP contribution in [0.15, 0.2) is 48.5 Å². The summed E-state index contributed by atoms with van der Waals surface area (Å²) in [5.74, 6) is -1.52. The van der Waals surface area contributed by atoms with Gasteiger partial charge in [-0.2, -0.15) is 0 Å². The molecule has 1 amide bonds. The van der Waals surface area contributed by atoms with Gasteiger partial charge in [-0.1, -0.05) is 35.9 Å². The third kappa shape index (κ3) is 3.44. The fraction of sp³-hybridized carbons (Fsp3) is 0.318. The van der Waals surface area contributed by atoms with Gasteiger partial charge >= 0.3 is 5.97 Å². The number of esters is 1. The Hall–Kier alpha value is -2.90. The van der Waals surface area contributed by atoms with Gasteiger partial charge in [-0.3, -0.25) is 14.5 Å². The molecule has 0 radical (unpaired) electrons. The summed E-state index contributed by atoms with van der Waals surface area (Å²) in [7, 11) is 1.56. The molecule has 0 saturated carbocycles. The van der Waals surface area contributed by atoms with E-state index in [1.165, 1.54) is 4.90 Å². The molecule has 7 nitrogen and oxygen atoms in total. The summed E-state index contributed by atoms with van der Waals surface area (Å²) in [5.41, 5.74) is 2.30. The Bertz CT molecular complexity index is 1100. The fourth-order valence-corrected chi connectivity index (χ4v) is 4.13. The molecule has 156 valence electrons. The number of para-hydroxylation sites is 2. The van der Waals surface area contributed by atoms with E-state index in [-0.39, 0.29) is 19.1 Å². The molecule has 1 aromatic heterocycles. The summed E-state index contributed by atoms with van der Waals surface area (Å²) < 4.78 is 12.4. The molecule has 1 aliphatic rings. The lowest BCUT2D eigenvalue weighted by molar-refractivity contribution is -0.153. The maximum absolute atomic E-state index is 13.5. The van der Waals surface area contributed by atoms with Crippen LogP contribution in [0, 0.1) is 5.92 Å². The number of rotatable bonds is 6. The van der Waals surface area contributed by atoms with Crippen molar-refractivity contribution in [3.05, 3.63) is 59.1 Å². The fourth-order valence-electron chi connectivity index (χ4n) is 3.93. The number of aromatic nitrogens is 2. The number of hydrogen-bond donors (Lipinski definition) is 0. The van der Waals surface area contributed by atoms with E-state index in [9.17, 15) is 9.59 Å². The molecule has 0 bridgehead atoms. The first-order valence-electron chi connectivity index (χ1n) is 9.76. The number of nitrogens with zero attached hydrogens (tertiary/aromatic N) is 3. The van der Waals surface area contributed by atoms with Crippen molar-refractivity contribution in [2.24, 2.45) is 5.92 Å². The highest BCUT2D eigenvalue weighted by Gasteiger charge is 2.47. The second-order valence-electron chi connectivity index (χ2n) is 6.98. The number of amides is 1. The number of hydrogen-bond acceptors (Lipinski definition) is 5. The van der Waals surface area contributed by atoms with Crippen molar-refractivity contribution >= 4 is 40.5 Å². The van der Waals surface area contributed by atoms with Crippen LogP contribution in [-0.2, 0) is 19.1 Å². The molecule has 2 atom stereocenters. The highest BCUT2D eigenvalue weighted by Crippen LogP contribution is 2.41. The minimum Gasteiger partial charge on any atom is -0.465 e. The summed E-state index contributed by atoms with van der Waals surface area (Å²) in [5, 5.41) is 0.523. The summed E-state index contributed by atoms with van der Waals surface area (Å²) in [4.78, 5) is 32.7. The second kappa shape index (κ2) is 8.45. The molecule has 0 N–H and O–H groups in total. The Balaban J connectivity index is 1.98. The molecule has 0 spiro atoms. The van der Waals surface area contributed by atoms with E-state index in [1.54, 1.807) is 32.2 Å². The Morgan fingerprint density at radius 2 is 2.00 bits per heavy atom. The van der Waals surface area contributed by atoms with Crippen molar-refractivity contribution in [1.82, 2.24) is 9.55 Å². The smallest absolute Gasteiger partial charge is 0.321 e. The van der Waals surface area contributed by atoms with Crippen LogP contribution < -0.4 is 4.90 Å². The molecule has 30 heavy (non-hydrogen) atoms. The predicted octanol–water partition coefficient (Wildman–Crippen LogP) is 3.45. The van der Waals surface area contributed by atoms with Gasteiger partial charge in [0, 0.05) is 12.1 Å². The number of methoxy groups -OCH3 is 1. The quantitative estimate of drug-likeness (QED) is 0.445. The van der Waals surface area contributed by atoms with Crippen LogP contribution in [0.4, 0.5) is 5.95 Å². The van der Waals surface area contributed by atoms with Crippen molar-refractivity contribution in [2.75, 3.05) is 31.8 Å². The normalized spacial score (nSPS) is 18.5. The predicted molar refractivity (Wildman–Crippen MR) is 114 cm³/mol. The molecule has 2 aromatic carbocycles. The lowest BCUT2D eigenvalue weighted by atomic mass is 9.89. The van der Waals surface area contributed by atoms with Crippen molar-refractivity contribution in [2.45, 2.75) is 13.0 Å². The first kappa shape index (κ1) is 20.4. The van der Waals surface area contributed by atoms with Gasteiger partial charge in [-0.25, -0.2) is 4.98 Å². The van der Waals surface area contributed by atoms with Gasteiger partial charge in [0.25, 0.3) is 0 Å². The molecular formula is C22H22ClN3O4. The van der Waals surface area contributed by atoms with E-state index in [4.69, 9.17) is 26.1 Å². The zero-order chi connectivity index (χ0) is 21.3. The highest BCUT2D eigenvalue weighted by atomic mass is 35.5. The average molecular weight is 428 g/mol. The number of benzene rings is 2. The minimum absolute atomic E-state index is 0.181. The molecule has 1 aliphatic heterocycles. The maximum atomic E-state index is 13.5. The lowest BCUT2D eigenvalue weighted by Crippen LogP contribution is -2.51. The molecule has 3 aromatic rings. The number of carbonyl (C=O) groups excluding carboxylic acids is 2. The Morgan fingerprint density at radius 3 is 2.73 bits per heavy atom. The zero-order valence-corrected chi connectivity index (χ0v) is 17.5. The van der Waals surface area contributed by atoms with Crippen LogP contribution in [0.3, 0.4) is 0 Å². The third-order valence-electron chi connectivity index (χ3n) is 5.19. The molecule has 0 fully saturated rings. The Morgan fingerprint density at radius 1 is 1.20 bits per heavy atom. The van der Waals surface area contributed by atoms with Crippen LogP contribution in [0.5, 0.6) is 0 Å². The minimum atomic E-state index is -1.06. The maximum Gasteiger partial charge on any atom is 0.321 e. The molecular weight excluding hydrogens is 406 g/mol. The monoisotopic (exact) mass is 427 g/mol. The Labute approximate surface area is 179 Å². The molecule has 4 rings (SSSR count). The summed E-state index contributed by atoms with van der Waals surface area (Å²) in [6.07, 6.45) is 0. The third-order valence-corrected chi connectivity index (χ3v) is 5.43. The zero-order valence-electron chi connectivity index (χ0n) is 16.7. The average Bonchev–Trinajstić information content (AvgIpc) is 3.11. The van der Waals surface area contributed by atoms with Gasteiger partial charge in [0.05, 0.1) is 36.8 Å². The number of halogens is 1. The Kier molecular flexibility index (Phi) is 5.74. The summed E-state index contributed by atoms with van der Waals surface area (Å²) in [6.45, 7) is 2.49.